The molecule has 0 aromatic heterocycles. The van der Waals surface area contributed by atoms with Crippen LogP contribution in [0.2, 0.25) is 0 Å². The van der Waals surface area contributed by atoms with Gasteiger partial charge in [0.1, 0.15) is 0 Å². The largest absolute Gasteiger partial charge is 0.460 e. The van der Waals surface area contributed by atoms with Crippen molar-refractivity contribution in [3.8, 4) is 0 Å². The normalized spacial score (nSPS) is 20.3. The van der Waals surface area contributed by atoms with Crippen molar-refractivity contribution < 1.29 is 9.53 Å². The number of hydrogen-bond donors (Lipinski definition) is 1. The van der Waals surface area contributed by atoms with Crippen molar-refractivity contribution in [3.05, 3.63) is 11.4 Å². The number of esters is 1. The molecule has 1 fully saturated rings. The Morgan fingerprint density at radius 3 is 2.69 bits per heavy atom. The SMILES string of the molecule is [C-]#[N+]C1(C(=O)OCC)CCNCC1. The Kier molecular flexibility index (Phi) is 3.26. The van der Waals surface area contributed by atoms with Crippen LogP contribution in [0.25, 0.3) is 4.85 Å². The van der Waals surface area contributed by atoms with E-state index < -0.39 is 5.54 Å². The molecule has 1 rings (SSSR count). The molecule has 0 atom stereocenters. The highest BCUT2D eigenvalue weighted by Gasteiger charge is 2.47. The maximum atomic E-state index is 11.5. The zero-order valence-electron chi connectivity index (χ0n) is 7.80. The molecule has 1 aliphatic heterocycles. The van der Waals surface area contributed by atoms with Crippen LogP contribution < -0.4 is 5.32 Å². The van der Waals surface area contributed by atoms with Crippen LogP contribution in [0.15, 0.2) is 0 Å². The predicted molar refractivity (Wildman–Crippen MR) is 48.1 cm³/mol. The molecule has 0 bridgehead atoms. The summed E-state index contributed by atoms with van der Waals surface area (Å²) in [4.78, 5) is 14.9. The lowest BCUT2D eigenvalue weighted by Crippen LogP contribution is -2.46. The maximum absolute atomic E-state index is 11.5. The number of nitrogens with zero attached hydrogens (tertiary/aromatic N) is 1. The van der Waals surface area contributed by atoms with E-state index in [1.807, 2.05) is 0 Å². The summed E-state index contributed by atoms with van der Waals surface area (Å²) in [5, 5.41) is 3.12. The summed E-state index contributed by atoms with van der Waals surface area (Å²) in [5.74, 6) is -0.355. The first-order valence-corrected chi connectivity index (χ1v) is 4.52. The van der Waals surface area contributed by atoms with Crippen LogP contribution in [-0.2, 0) is 9.53 Å². The number of piperidine rings is 1. The van der Waals surface area contributed by atoms with Crippen molar-refractivity contribution >= 4 is 5.97 Å². The van der Waals surface area contributed by atoms with E-state index in [2.05, 4.69) is 10.2 Å². The highest BCUT2D eigenvalue weighted by Crippen LogP contribution is 2.24. The van der Waals surface area contributed by atoms with E-state index in [1.165, 1.54) is 0 Å². The fraction of sp³-hybridized carbons (Fsp3) is 0.778. The van der Waals surface area contributed by atoms with Crippen molar-refractivity contribution in [2.45, 2.75) is 25.3 Å². The molecular formula is C9H14N2O2. The summed E-state index contributed by atoms with van der Waals surface area (Å²) in [6.07, 6.45) is 1.13. The summed E-state index contributed by atoms with van der Waals surface area (Å²) in [5.41, 5.74) is -0.902. The molecule has 4 nitrogen and oxygen atoms in total. The van der Waals surface area contributed by atoms with Gasteiger partial charge in [0.25, 0.3) is 0 Å². The molecule has 0 unspecified atom stereocenters. The summed E-state index contributed by atoms with van der Waals surface area (Å²) < 4.78 is 4.90. The monoisotopic (exact) mass is 182 g/mol. The van der Waals surface area contributed by atoms with E-state index in [0.717, 1.165) is 13.1 Å². The van der Waals surface area contributed by atoms with Gasteiger partial charge in [-0.25, -0.2) is 11.4 Å². The average Bonchev–Trinajstić information content (AvgIpc) is 2.19. The van der Waals surface area contributed by atoms with Gasteiger partial charge in [0.2, 0.25) is 0 Å². The lowest BCUT2D eigenvalue weighted by Gasteiger charge is -2.24. The molecule has 0 aliphatic carbocycles. The minimum atomic E-state index is -0.902. The molecule has 1 heterocycles. The van der Waals surface area contributed by atoms with Crippen molar-refractivity contribution in [2.75, 3.05) is 19.7 Å². The van der Waals surface area contributed by atoms with Gasteiger partial charge in [0, 0.05) is 25.9 Å². The molecule has 1 N–H and O–H groups in total. The van der Waals surface area contributed by atoms with Gasteiger partial charge >= 0.3 is 11.5 Å². The molecule has 0 radical (unpaired) electrons. The first-order chi connectivity index (χ1) is 6.25. The Morgan fingerprint density at radius 2 is 2.23 bits per heavy atom. The number of hydrogen-bond acceptors (Lipinski definition) is 3. The number of carbonyl (C=O) groups is 1. The number of nitrogens with one attached hydrogen (secondary N) is 1. The number of rotatable bonds is 2. The van der Waals surface area contributed by atoms with Crippen molar-refractivity contribution in [3.63, 3.8) is 0 Å². The summed E-state index contributed by atoms with van der Waals surface area (Å²) in [7, 11) is 0. The summed E-state index contributed by atoms with van der Waals surface area (Å²) in [6.45, 7) is 10.6. The van der Waals surface area contributed by atoms with Crippen LogP contribution >= 0.6 is 0 Å². The second-order valence-electron chi connectivity index (χ2n) is 3.11. The molecular weight excluding hydrogens is 168 g/mol. The Labute approximate surface area is 78.1 Å². The highest BCUT2D eigenvalue weighted by molar-refractivity contribution is 5.83. The van der Waals surface area contributed by atoms with E-state index >= 15 is 0 Å². The Hall–Kier alpha value is -1.08. The van der Waals surface area contributed by atoms with Gasteiger partial charge in [-0.15, -0.1) is 0 Å². The molecule has 1 aliphatic rings. The fourth-order valence-electron chi connectivity index (χ4n) is 1.47. The van der Waals surface area contributed by atoms with Crippen LogP contribution in [0.5, 0.6) is 0 Å². The van der Waals surface area contributed by atoms with Crippen LogP contribution in [0.3, 0.4) is 0 Å². The minimum Gasteiger partial charge on any atom is -0.460 e. The van der Waals surface area contributed by atoms with Crippen molar-refractivity contribution in [2.24, 2.45) is 0 Å². The predicted octanol–water partition coefficient (Wildman–Crippen LogP) is 0.591. The molecule has 0 spiro atoms. The van der Waals surface area contributed by atoms with Crippen LogP contribution in [0.1, 0.15) is 19.8 Å². The van der Waals surface area contributed by atoms with Gasteiger partial charge < -0.3 is 10.1 Å². The smallest absolute Gasteiger partial charge is 0.393 e. The van der Waals surface area contributed by atoms with Gasteiger partial charge in [0.15, 0.2) is 0 Å². The second-order valence-corrected chi connectivity index (χ2v) is 3.11. The van der Waals surface area contributed by atoms with Gasteiger partial charge in [-0.05, 0) is 6.92 Å². The molecule has 4 heteroatoms. The highest BCUT2D eigenvalue weighted by atomic mass is 16.5. The molecule has 13 heavy (non-hydrogen) atoms. The van der Waals surface area contributed by atoms with Gasteiger partial charge in [-0.2, -0.15) is 0 Å². The fourth-order valence-corrected chi connectivity index (χ4v) is 1.47. The third kappa shape index (κ3) is 1.99. The van der Waals surface area contributed by atoms with Crippen LogP contribution in [0, 0.1) is 6.57 Å². The van der Waals surface area contributed by atoms with Crippen molar-refractivity contribution in [1.82, 2.24) is 5.32 Å². The second kappa shape index (κ2) is 4.24. The third-order valence-electron chi connectivity index (χ3n) is 2.30. The topological polar surface area (TPSA) is 42.7 Å². The summed E-state index contributed by atoms with van der Waals surface area (Å²) >= 11 is 0. The third-order valence-corrected chi connectivity index (χ3v) is 2.30. The lowest BCUT2D eigenvalue weighted by molar-refractivity contribution is -0.148. The molecule has 0 amide bonds. The van der Waals surface area contributed by atoms with E-state index in [0.29, 0.717) is 19.4 Å². The number of carbonyl (C=O) groups excluding carboxylic acids is 1. The Morgan fingerprint density at radius 1 is 1.62 bits per heavy atom. The average molecular weight is 182 g/mol. The minimum absolute atomic E-state index is 0.351. The molecule has 0 aromatic carbocycles. The zero-order chi connectivity index (χ0) is 9.73. The maximum Gasteiger partial charge on any atom is 0.393 e. The van der Waals surface area contributed by atoms with Gasteiger partial charge in [0.05, 0.1) is 6.61 Å². The van der Waals surface area contributed by atoms with Gasteiger partial charge in [-0.1, -0.05) is 0 Å². The number of ether oxygens (including phenoxy) is 1. The van der Waals surface area contributed by atoms with Crippen LogP contribution in [-0.4, -0.2) is 31.2 Å². The van der Waals surface area contributed by atoms with E-state index in [1.54, 1.807) is 6.92 Å². The zero-order valence-corrected chi connectivity index (χ0v) is 7.80. The molecule has 0 saturated carbocycles. The Balaban J connectivity index is 2.68. The van der Waals surface area contributed by atoms with Crippen LogP contribution in [0.4, 0.5) is 0 Å². The summed E-state index contributed by atoms with van der Waals surface area (Å²) in [6, 6.07) is 0. The van der Waals surface area contributed by atoms with Gasteiger partial charge in [-0.3, -0.25) is 4.85 Å². The molecule has 72 valence electrons. The lowest BCUT2D eigenvalue weighted by atomic mass is 9.89. The first kappa shape index (κ1) is 10.0. The first-order valence-electron chi connectivity index (χ1n) is 4.52. The standard InChI is InChI=1S/C9H14N2O2/c1-3-13-8(12)9(10-2)4-6-11-7-5-9/h11H,3-7H2,1H3. The Bertz CT molecular complexity index is 226. The quantitative estimate of drug-likeness (QED) is 0.502. The van der Waals surface area contributed by atoms with E-state index in [-0.39, 0.29) is 5.97 Å². The van der Waals surface area contributed by atoms with E-state index in [4.69, 9.17) is 11.3 Å². The van der Waals surface area contributed by atoms with E-state index in [9.17, 15) is 4.79 Å². The van der Waals surface area contributed by atoms with Crippen molar-refractivity contribution in [1.29, 1.82) is 0 Å². The molecule has 1 saturated heterocycles. The molecule has 0 aromatic rings.